The van der Waals surface area contributed by atoms with Crippen molar-refractivity contribution < 1.29 is 19.8 Å². The molecule has 0 aliphatic carbocycles. The van der Waals surface area contributed by atoms with E-state index >= 15 is 0 Å². The number of aromatic carboxylic acids is 2. The van der Waals surface area contributed by atoms with E-state index in [1.807, 2.05) is 0 Å². The first-order chi connectivity index (χ1) is 11.5. The lowest BCUT2D eigenvalue weighted by atomic mass is 9.94. The van der Waals surface area contributed by atoms with Crippen LogP contribution >= 0.6 is 0 Å². The topological polar surface area (TPSA) is 74.6 Å². The largest absolute Gasteiger partial charge is 0.478 e. The minimum Gasteiger partial charge on any atom is -0.478 e. The SMILES string of the molecule is C=CCc1ccc(-c2ccc(CC=C)c(C(=O)O)c2)cc1C(=O)O. The van der Waals surface area contributed by atoms with Crippen LogP contribution in [-0.2, 0) is 12.8 Å². The summed E-state index contributed by atoms with van der Waals surface area (Å²) >= 11 is 0. The van der Waals surface area contributed by atoms with E-state index in [2.05, 4.69) is 13.2 Å². The van der Waals surface area contributed by atoms with E-state index in [9.17, 15) is 19.8 Å². The third-order valence-electron chi connectivity index (χ3n) is 3.74. The molecule has 0 spiro atoms. The second-order valence-electron chi connectivity index (χ2n) is 5.34. The average molecular weight is 322 g/mol. The van der Waals surface area contributed by atoms with Gasteiger partial charge in [-0.3, -0.25) is 0 Å². The van der Waals surface area contributed by atoms with Crippen molar-refractivity contribution in [2.45, 2.75) is 12.8 Å². The maximum Gasteiger partial charge on any atom is 0.335 e. The molecule has 24 heavy (non-hydrogen) atoms. The van der Waals surface area contributed by atoms with Gasteiger partial charge in [0.15, 0.2) is 0 Å². The lowest BCUT2D eigenvalue weighted by Gasteiger charge is -2.10. The molecule has 0 saturated heterocycles. The van der Waals surface area contributed by atoms with Gasteiger partial charge in [0.1, 0.15) is 0 Å². The van der Waals surface area contributed by atoms with E-state index in [4.69, 9.17) is 0 Å². The van der Waals surface area contributed by atoms with Crippen LogP contribution in [0.3, 0.4) is 0 Å². The number of allylic oxidation sites excluding steroid dienone is 2. The fraction of sp³-hybridized carbons (Fsp3) is 0.100. The van der Waals surface area contributed by atoms with Crippen LogP contribution in [0.4, 0.5) is 0 Å². The van der Waals surface area contributed by atoms with Crippen molar-refractivity contribution in [1.82, 2.24) is 0 Å². The first-order valence-corrected chi connectivity index (χ1v) is 7.42. The standard InChI is InChI=1S/C20H18O4/c1-3-5-13-7-9-15(11-17(13)19(21)22)16-10-8-14(6-4-2)18(12-16)20(23)24/h3-4,7-12H,1-2,5-6H2,(H,21,22)(H,23,24). The van der Waals surface area contributed by atoms with Gasteiger partial charge in [-0.2, -0.15) is 0 Å². The molecule has 0 aromatic heterocycles. The van der Waals surface area contributed by atoms with E-state index in [0.717, 1.165) is 0 Å². The van der Waals surface area contributed by atoms with Crippen LogP contribution in [0.15, 0.2) is 61.7 Å². The molecule has 2 aromatic rings. The molecule has 4 nitrogen and oxygen atoms in total. The van der Waals surface area contributed by atoms with E-state index in [1.54, 1.807) is 48.6 Å². The predicted molar refractivity (Wildman–Crippen MR) is 93.6 cm³/mol. The number of hydrogen-bond acceptors (Lipinski definition) is 2. The number of rotatable bonds is 7. The monoisotopic (exact) mass is 322 g/mol. The molecule has 2 N–H and O–H groups in total. The van der Waals surface area contributed by atoms with Gasteiger partial charge < -0.3 is 10.2 Å². The zero-order valence-electron chi connectivity index (χ0n) is 13.2. The van der Waals surface area contributed by atoms with Gasteiger partial charge in [0.25, 0.3) is 0 Å². The van der Waals surface area contributed by atoms with Crippen molar-refractivity contribution in [2.24, 2.45) is 0 Å². The van der Waals surface area contributed by atoms with Crippen LogP contribution in [0.25, 0.3) is 11.1 Å². The lowest BCUT2D eigenvalue weighted by molar-refractivity contribution is 0.0685. The van der Waals surface area contributed by atoms with Gasteiger partial charge in [-0.1, -0.05) is 36.4 Å². The van der Waals surface area contributed by atoms with Crippen molar-refractivity contribution in [2.75, 3.05) is 0 Å². The zero-order chi connectivity index (χ0) is 17.7. The molecule has 0 bridgehead atoms. The van der Waals surface area contributed by atoms with Crippen LogP contribution in [0.5, 0.6) is 0 Å². The molecular weight excluding hydrogens is 304 g/mol. The molecule has 4 heteroatoms. The Morgan fingerprint density at radius 1 is 0.792 bits per heavy atom. The summed E-state index contributed by atoms with van der Waals surface area (Å²) in [7, 11) is 0. The fourth-order valence-corrected chi connectivity index (χ4v) is 2.58. The Balaban J connectivity index is 2.55. The molecule has 0 aliphatic rings. The summed E-state index contributed by atoms with van der Waals surface area (Å²) in [6.45, 7) is 7.26. The van der Waals surface area contributed by atoms with Crippen LogP contribution < -0.4 is 0 Å². The smallest absolute Gasteiger partial charge is 0.335 e. The number of hydrogen-bond donors (Lipinski definition) is 2. The summed E-state index contributed by atoms with van der Waals surface area (Å²) in [6, 6.07) is 10.2. The quantitative estimate of drug-likeness (QED) is 0.749. The molecule has 0 saturated carbocycles. The minimum absolute atomic E-state index is 0.194. The Morgan fingerprint density at radius 3 is 1.46 bits per heavy atom. The Hall–Kier alpha value is -3.14. The molecule has 0 unspecified atom stereocenters. The molecule has 2 rings (SSSR count). The maximum absolute atomic E-state index is 11.5. The number of carboxylic acid groups (broad SMARTS) is 2. The fourth-order valence-electron chi connectivity index (χ4n) is 2.58. The van der Waals surface area contributed by atoms with Crippen molar-refractivity contribution in [3.63, 3.8) is 0 Å². The van der Waals surface area contributed by atoms with Gasteiger partial charge in [0, 0.05) is 0 Å². The molecule has 0 radical (unpaired) electrons. The molecular formula is C20H18O4. The number of carbonyl (C=O) groups is 2. The second kappa shape index (κ2) is 7.42. The van der Waals surface area contributed by atoms with E-state index in [-0.39, 0.29) is 11.1 Å². The minimum atomic E-state index is -1.02. The van der Waals surface area contributed by atoms with Gasteiger partial charge >= 0.3 is 11.9 Å². The normalized spacial score (nSPS) is 10.2. The van der Waals surface area contributed by atoms with Gasteiger partial charge in [-0.25, -0.2) is 9.59 Å². The summed E-state index contributed by atoms with van der Waals surface area (Å²) < 4.78 is 0. The van der Waals surface area contributed by atoms with Crippen molar-refractivity contribution >= 4 is 11.9 Å². The number of benzene rings is 2. The highest BCUT2D eigenvalue weighted by molar-refractivity contribution is 5.93. The Morgan fingerprint density at radius 2 is 1.17 bits per heavy atom. The lowest BCUT2D eigenvalue weighted by Crippen LogP contribution is -2.04. The van der Waals surface area contributed by atoms with Crippen LogP contribution in [0.2, 0.25) is 0 Å². The van der Waals surface area contributed by atoms with Gasteiger partial charge in [-0.15, -0.1) is 13.2 Å². The number of carboxylic acids is 2. The summed E-state index contributed by atoms with van der Waals surface area (Å²) in [5.41, 5.74) is 3.05. The summed E-state index contributed by atoms with van der Waals surface area (Å²) in [6.07, 6.45) is 4.21. The van der Waals surface area contributed by atoms with Crippen molar-refractivity contribution in [3.05, 3.63) is 84.0 Å². The average Bonchev–Trinajstić information content (AvgIpc) is 2.55. The van der Waals surface area contributed by atoms with Gasteiger partial charge in [0.2, 0.25) is 0 Å². The summed E-state index contributed by atoms with van der Waals surface area (Å²) in [4.78, 5) is 22.9. The van der Waals surface area contributed by atoms with Crippen molar-refractivity contribution in [1.29, 1.82) is 0 Å². The maximum atomic E-state index is 11.5. The van der Waals surface area contributed by atoms with Crippen LogP contribution in [-0.4, -0.2) is 22.2 Å². The van der Waals surface area contributed by atoms with Crippen LogP contribution in [0, 0.1) is 0 Å². The van der Waals surface area contributed by atoms with Crippen molar-refractivity contribution in [3.8, 4) is 11.1 Å². The second-order valence-corrected chi connectivity index (χ2v) is 5.34. The molecule has 122 valence electrons. The third-order valence-corrected chi connectivity index (χ3v) is 3.74. The van der Waals surface area contributed by atoms with Gasteiger partial charge in [0.05, 0.1) is 11.1 Å². The predicted octanol–water partition coefficient (Wildman–Crippen LogP) is 4.21. The molecule has 0 aliphatic heterocycles. The Kier molecular flexibility index (Phi) is 5.32. The highest BCUT2D eigenvalue weighted by atomic mass is 16.4. The molecule has 0 atom stereocenters. The molecule has 2 aromatic carbocycles. The Bertz CT molecular complexity index is 749. The molecule has 0 fully saturated rings. The highest BCUT2D eigenvalue weighted by Crippen LogP contribution is 2.26. The van der Waals surface area contributed by atoms with Gasteiger partial charge in [-0.05, 0) is 47.2 Å². The molecule has 0 amide bonds. The zero-order valence-corrected chi connectivity index (χ0v) is 13.2. The molecule has 0 heterocycles. The summed E-state index contributed by atoms with van der Waals surface area (Å²) in [5.74, 6) is -2.04. The van der Waals surface area contributed by atoms with E-state index in [1.165, 1.54) is 0 Å². The summed E-state index contributed by atoms with van der Waals surface area (Å²) in [5, 5.41) is 18.8. The van der Waals surface area contributed by atoms with E-state index < -0.39 is 11.9 Å². The highest BCUT2D eigenvalue weighted by Gasteiger charge is 2.14. The first kappa shape index (κ1) is 17.2. The Labute approximate surface area is 140 Å². The third kappa shape index (κ3) is 3.60. The van der Waals surface area contributed by atoms with Crippen LogP contribution in [0.1, 0.15) is 31.8 Å². The first-order valence-electron chi connectivity index (χ1n) is 7.42. The van der Waals surface area contributed by atoms with E-state index in [0.29, 0.717) is 35.1 Å².